The highest BCUT2D eigenvalue weighted by Gasteiger charge is 2.17. The summed E-state index contributed by atoms with van der Waals surface area (Å²) >= 11 is 6.03. The number of fused-ring (bicyclic) bond motifs is 1. The predicted octanol–water partition coefficient (Wildman–Crippen LogP) is 2.77. The minimum atomic E-state index is -0.330. The van der Waals surface area contributed by atoms with Gasteiger partial charge in [-0.3, -0.25) is 0 Å². The fraction of sp³-hybridized carbons (Fsp3) is 0.286. The molecule has 1 N–H and O–H groups in total. The van der Waals surface area contributed by atoms with Crippen molar-refractivity contribution in [2.75, 3.05) is 0 Å². The third kappa shape index (κ3) is 2.46. The topological polar surface area (TPSA) is 37.8 Å². The number of hydrogen-bond acceptors (Lipinski definition) is 3. The molecule has 3 nitrogen and oxygen atoms in total. The largest absolute Gasteiger partial charge is 0.307 e. The molecule has 2 aromatic rings. The predicted molar refractivity (Wildman–Crippen MR) is 71.5 cm³/mol. The number of halogens is 2. The molecule has 0 spiro atoms. The summed E-state index contributed by atoms with van der Waals surface area (Å²) in [7, 11) is 0. The second-order valence-corrected chi connectivity index (χ2v) is 5.07. The van der Waals surface area contributed by atoms with Gasteiger partial charge in [-0.25, -0.2) is 14.4 Å². The van der Waals surface area contributed by atoms with E-state index in [1.54, 1.807) is 6.07 Å². The number of aromatic nitrogens is 2. The molecule has 0 unspecified atom stereocenters. The Labute approximate surface area is 115 Å². The lowest BCUT2D eigenvalue weighted by Crippen LogP contribution is -2.04. The Morgan fingerprint density at radius 1 is 1.32 bits per heavy atom. The fourth-order valence-corrected chi connectivity index (χ4v) is 2.55. The van der Waals surface area contributed by atoms with E-state index in [2.05, 4.69) is 15.3 Å². The number of nitrogens with zero attached hydrogens (tertiary/aromatic N) is 2. The van der Waals surface area contributed by atoms with Crippen LogP contribution in [0.2, 0.25) is 5.02 Å². The summed E-state index contributed by atoms with van der Waals surface area (Å²) in [5, 5.41) is 3.68. The van der Waals surface area contributed by atoms with Crippen LogP contribution >= 0.6 is 11.6 Å². The Balaban J connectivity index is 1.93. The summed E-state index contributed by atoms with van der Waals surface area (Å²) in [5.74, 6) is 0.400. The van der Waals surface area contributed by atoms with Crippen LogP contribution in [-0.4, -0.2) is 9.97 Å². The van der Waals surface area contributed by atoms with Gasteiger partial charge in [0.1, 0.15) is 11.6 Å². The van der Waals surface area contributed by atoms with Crippen LogP contribution < -0.4 is 5.32 Å². The number of benzene rings is 1. The first kappa shape index (κ1) is 12.5. The molecule has 0 saturated carbocycles. The average molecular weight is 278 g/mol. The van der Waals surface area contributed by atoms with Gasteiger partial charge in [0.2, 0.25) is 0 Å². The van der Waals surface area contributed by atoms with Gasteiger partial charge in [0.25, 0.3) is 0 Å². The van der Waals surface area contributed by atoms with Gasteiger partial charge in [-0.1, -0.05) is 17.7 Å². The molecule has 98 valence electrons. The second-order valence-electron chi connectivity index (χ2n) is 4.67. The highest BCUT2D eigenvalue weighted by molar-refractivity contribution is 6.31. The molecule has 1 aromatic heterocycles. The van der Waals surface area contributed by atoms with Crippen LogP contribution in [0.1, 0.15) is 28.3 Å². The van der Waals surface area contributed by atoms with E-state index in [0.717, 1.165) is 35.9 Å². The zero-order chi connectivity index (χ0) is 13.4. The molecule has 5 heteroatoms. The normalized spacial score (nSPS) is 13.6. The van der Waals surface area contributed by atoms with Crippen molar-refractivity contribution in [2.45, 2.75) is 26.4 Å². The Morgan fingerprint density at radius 3 is 2.95 bits per heavy atom. The molecule has 0 amide bonds. The van der Waals surface area contributed by atoms with E-state index < -0.39 is 0 Å². The number of nitrogens with one attached hydrogen (secondary N) is 1. The number of hydrogen-bond donors (Lipinski definition) is 1. The first-order valence-electron chi connectivity index (χ1n) is 6.13. The average Bonchev–Trinajstić information content (AvgIpc) is 2.81. The highest BCUT2D eigenvalue weighted by Crippen LogP contribution is 2.21. The number of aryl methyl sites for hydroxylation is 1. The van der Waals surface area contributed by atoms with Crippen LogP contribution in [0, 0.1) is 12.7 Å². The maximum Gasteiger partial charge on any atom is 0.133 e. The summed E-state index contributed by atoms with van der Waals surface area (Å²) in [6.07, 6.45) is 0.521. The van der Waals surface area contributed by atoms with Crippen molar-refractivity contribution in [1.82, 2.24) is 15.3 Å². The maximum atomic E-state index is 13.0. The summed E-state index contributed by atoms with van der Waals surface area (Å²) in [5.41, 5.74) is 4.09. The van der Waals surface area contributed by atoms with Crippen molar-refractivity contribution in [3.63, 3.8) is 0 Å². The van der Waals surface area contributed by atoms with Crippen molar-refractivity contribution in [2.24, 2.45) is 0 Å². The lowest BCUT2D eigenvalue weighted by Gasteiger charge is -2.07. The molecular formula is C14H13ClFN3. The van der Waals surface area contributed by atoms with E-state index >= 15 is 0 Å². The third-order valence-electron chi connectivity index (χ3n) is 3.30. The minimum absolute atomic E-state index is 0.330. The molecule has 0 saturated heterocycles. The van der Waals surface area contributed by atoms with Gasteiger partial charge in [-0.15, -0.1) is 0 Å². The van der Waals surface area contributed by atoms with Crippen LogP contribution in [-0.2, 0) is 19.5 Å². The molecule has 0 radical (unpaired) electrons. The van der Waals surface area contributed by atoms with Gasteiger partial charge in [-0.05, 0) is 24.6 Å². The van der Waals surface area contributed by atoms with E-state index in [4.69, 9.17) is 11.6 Å². The van der Waals surface area contributed by atoms with E-state index in [-0.39, 0.29) is 5.82 Å². The molecule has 0 atom stereocenters. The highest BCUT2D eigenvalue weighted by atomic mass is 35.5. The molecule has 1 aliphatic rings. The van der Waals surface area contributed by atoms with E-state index in [1.165, 1.54) is 17.7 Å². The second kappa shape index (κ2) is 4.87. The Morgan fingerprint density at radius 2 is 2.16 bits per heavy atom. The minimum Gasteiger partial charge on any atom is -0.307 e. The van der Waals surface area contributed by atoms with Gasteiger partial charge >= 0.3 is 0 Å². The standard InChI is InChI=1S/C14H13ClFN3/c1-8-11-6-17-7-13(11)19-14(18-8)4-9-2-3-10(16)5-12(9)15/h2-3,5,17H,4,6-7H2,1H3. The van der Waals surface area contributed by atoms with Crippen molar-refractivity contribution < 1.29 is 4.39 Å². The summed E-state index contributed by atoms with van der Waals surface area (Å²) in [6, 6.07) is 4.41. The van der Waals surface area contributed by atoms with E-state index in [1.807, 2.05) is 6.92 Å². The van der Waals surface area contributed by atoms with Crippen molar-refractivity contribution in [1.29, 1.82) is 0 Å². The Kier molecular flexibility index (Phi) is 3.21. The molecule has 0 aliphatic carbocycles. The molecule has 3 rings (SSSR count). The fourth-order valence-electron chi connectivity index (χ4n) is 2.31. The Bertz CT molecular complexity index is 643. The van der Waals surface area contributed by atoms with Gasteiger partial charge in [0.05, 0.1) is 5.69 Å². The van der Waals surface area contributed by atoms with E-state index in [0.29, 0.717) is 11.4 Å². The van der Waals surface area contributed by atoms with Gasteiger partial charge < -0.3 is 5.32 Å². The summed E-state index contributed by atoms with van der Waals surface area (Å²) in [4.78, 5) is 9.05. The maximum absolute atomic E-state index is 13.0. The first-order chi connectivity index (χ1) is 9.13. The van der Waals surface area contributed by atoms with E-state index in [9.17, 15) is 4.39 Å². The van der Waals surface area contributed by atoms with Crippen LogP contribution in [0.4, 0.5) is 4.39 Å². The third-order valence-corrected chi connectivity index (χ3v) is 3.66. The SMILES string of the molecule is Cc1nc(Cc2ccc(F)cc2Cl)nc2c1CNC2. The van der Waals surface area contributed by atoms with Gasteiger partial charge in [0.15, 0.2) is 0 Å². The molecular weight excluding hydrogens is 265 g/mol. The zero-order valence-electron chi connectivity index (χ0n) is 10.5. The van der Waals surface area contributed by atoms with Crippen molar-refractivity contribution in [3.8, 4) is 0 Å². The number of rotatable bonds is 2. The molecule has 0 fully saturated rings. The van der Waals surface area contributed by atoms with Crippen LogP contribution in [0.25, 0.3) is 0 Å². The van der Waals surface area contributed by atoms with Crippen LogP contribution in [0.15, 0.2) is 18.2 Å². The van der Waals surface area contributed by atoms with Crippen LogP contribution in [0.3, 0.4) is 0 Å². The van der Waals surface area contributed by atoms with Gasteiger partial charge in [-0.2, -0.15) is 0 Å². The molecule has 19 heavy (non-hydrogen) atoms. The summed E-state index contributed by atoms with van der Waals surface area (Å²) < 4.78 is 13.0. The lowest BCUT2D eigenvalue weighted by atomic mass is 10.1. The molecule has 1 aliphatic heterocycles. The Hall–Kier alpha value is -1.52. The monoisotopic (exact) mass is 277 g/mol. The lowest BCUT2D eigenvalue weighted by molar-refractivity contribution is 0.627. The van der Waals surface area contributed by atoms with Crippen molar-refractivity contribution >= 4 is 11.6 Å². The quantitative estimate of drug-likeness (QED) is 0.917. The molecule has 0 bridgehead atoms. The van der Waals surface area contributed by atoms with Crippen molar-refractivity contribution in [3.05, 3.63) is 57.4 Å². The van der Waals surface area contributed by atoms with Crippen LogP contribution in [0.5, 0.6) is 0 Å². The zero-order valence-corrected chi connectivity index (χ0v) is 11.3. The summed E-state index contributed by atoms with van der Waals surface area (Å²) in [6.45, 7) is 3.60. The first-order valence-corrected chi connectivity index (χ1v) is 6.51. The molecule has 1 aromatic carbocycles. The molecule has 2 heterocycles. The van der Waals surface area contributed by atoms with Gasteiger partial charge in [0, 0.05) is 35.8 Å². The smallest absolute Gasteiger partial charge is 0.133 e.